The molecular formula is C16H27NO3. The van der Waals surface area contributed by atoms with Crippen LogP contribution in [0.1, 0.15) is 52.9 Å². The molecule has 2 saturated carbocycles. The molecule has 0 aromatic heterocycles. The van der Waals surface area contributed by atoms with Crippen LogP contribution in [-0.4, -0.2) is 41.4 Å². The molecule has 4 nitrogen and oxygen atoms in total. The van der Waals surface area contributed by atoms with Crippen molar-refractivity contribution in [1.29, 1.82) is 0 Å². The molecule has 20 heavy (non-hydrogen) atoms. The van der Waals surface area contributed by atoms with Crippen LogP contribution in [0.2, 0.25) is 0 Å². The maximum Gasteiger partial charge on any atom is 0.410 e. The first-order valence-electron chi connectivity index (χ1n) is 7.86. The lowest BCUT2D eigenvalue weighted by molar-refractivity contribution is -0.189. The number of hydrogen-bond donors (Lipinski definition) is 1. The number of aliphatic hydroxyl groups is 1. The predicted molar refractivity (Wildman–Crippen MR) is 76.3 cm³/mol. The minimum atomic E-state index is -0.450. The summed E-state index contributed by atoms with van der Waals surface area (Å²) in [4.78, 5) is 14.2. The number of nitrogens with zero attached hydrogens (tertiary/aromatic N) is 1. The number of piperidine rings is 2. The van der Waals surface area contributed by atoms with E-state index in [4.69, 9.17) is 4.74 Å². The van der Waals surface area contributed by atoms with Gasteiger partial charge in [0.1, 0.15) is 5.60 Å². The van der Waals surface area contributed by atoms with Gasteiger partial charge in [0.2, 0.25) is 0 Å². The van der Waals surface area contributed by atoms with Crippen LogP contribution in [0.15, 0.2) is 0 Å². The topological polar surface area (TPSA) is 49.8 Å². The summed E-state index contributed by atoms with van der Waals surface area (Å²) in [5.74, 6) is 0.757. The van der Waals surface area contributed by atoms with E-state index in [0.717, 1.165) is 25.3 Å². The Bertz CT molecular complexity index is 402. The second kappa shape index (κ2) is 4.36. The van der Waals surface area contributed by atoms with Crippen molar-refractivity contribution in [2.24, 2.45) is 16.7 Å². The summed E-state index contributed by atoms with van der Waals surface area (Å²) < 4.78 is 5.52. The van der Waals surface area contributed by atoms with Crippen LogP contribution < -0.4 is 0 Å². The molecule has 2 aliphatic heterocycles. The van der Waals surface area contributed by atoms with Crippen LogP contribution in [-0.2, 0) is 4.74 Å². The highest BCUT2D eigenvalue weighted by atomic mass is 16.6. The van der Waals surface area contributed by atoms with E-state index < -0.39 is 5.60 Å². The van der Waals surface area contributed by atoms with E-state index in [1.807, 2.05) is 25.7 Å². The van der Waals surface area contributed by atoms with Gasteiger partial charge in [0, 0.05) is 18.5 Å². The van der Waals surface area contributed by atoms with Gasteiger partial charge in [0.15, 0.2) is 0 Å². The number of aliphatic hydroxyl groups excluding tert-OH is 1. The summed E-state index contributed by atoms with van der Waals surface area (Å²) in [6, 6.07) is 0. The van der Waals surface area contributed by atoms with Crippen molar-refractivity contribution in [3.05, 3.63) is 0 Å². The second-order valence-electron chi connectivity index (χ2n) is 8.34. The minimum Gasteiger partial charge on any atom is -0.444 e. The molecule has 0 aromatic rings. The maximum atomic E-state index is 12.3. The molecule has 114 valence electrons. The Kier molecular flexibility index (Phi) is 3.09. The van der Waals surface area contributed by atoms with Crippen LogP contribution in [0, 0.1) is 16.7 Å². The molecule has 1 amide bonds. The Hall–Kier alpha value is -0.770. The van der Waals surface area contributed by atoms with E-state index >= 15 is 0 Å². The summed E-state index contributed by atoms with van der Waals surface area (Å²) in [7, 11) is 0. The summed E-state index contributed by atoms with van der Waals surface area (Å²) in [6.07, 6.45) is 5.90. The van der Waals surface area contributed by atoms with Crippen LogP contribution in [0.3, 0.4) is 0 Å². The highest BCUT2D eigenvalue weighted by molar-refractivity contribution is 5.68. The van der Waals surface area contributed by atoms with Gasteiger partial charge in [-0.05, 0) is 57.8 Å². The molecule has 2 saturated heterocycles. The number of carbonyl (C=O) groups is 1. The number of fused-ring (bicyclic) bond motifs is 2. The van der Waals surface area contributed by atoms with Gasteiger partial charge in [0.25, 0.3) is 0 Å². The highest BCUT2D eigenvalue weighted by Crippen LogP contribution is 2.65. The Morgan fingerprint density at radius 2 is 1.95 bits per heavy atom. The number of rotatable bonds is 2. The van der Waals surface area contributed by atoms with Crippen LogP contribution in [0.25, 0.3) is 0 Å². The van der Waals surface area contributed by atoms with E-state index in [9.17, 15) is 9.90 Å². The number of ether oxygens (including phenoxy) is 1. The zero-order valence-electron chi connectivity index (χ0n) is 12.9. The lowest BCUT2D eigenvalue weighted by atomic mass is 9.43. The average Bonchev–Trinajstić information content (AvgIpc) is 2.22. The molecular weight excluding hydrogens is 254 g/mol. The molecule has 0 unspecified atom stereocenters. The lowest BCUT2D eigenvalue weighted by Crippen LogP contribution is -2.68. The molecule has 2 aliphatic carbocycles. The highest BCUT2D eigenvalue weighted by Gasteiger charge is 2.63. The first kappa shape index (κ1) is 14.2. The second-order valence-corrected chi connectivity index (χ2v) is 8.34. The van der Waals surface area contributed by atoms with E-state index in [1.54, 1.807) is 0 Å². The fourth-order valence-electron chi connectivity index (χ4n) is 4.56. The lowest BCUT2D eigenvalue weighted by Gasteiger charge is -2.67. The van der Waals surface area contributed by atoms with Crippen molar-refractivity contribution in [2.75, 3.05) is 19.7 Å². The molecule has 2 heterocycles. The zero-order valence-corrected chi connectivity index (χ0v) is 12.9. The van der Waals surface area contributed by atoms with Gasteiger partial charge in [-0.2, -0.15) is 0 Å². The zero-order chi connectivity index (χ0) is 14.6. The smallest absolute Gasteiger partial charge is 0.410 e. The molecule has 4 rings (SSSR count). The molecule has 0 spiro atoms. The number of hydrogen-bond acceptors (Lipinski definition) is 3. The third kappa shape index (κ3) is 2.22. The number of carbonyl (C=O) groups excluding carboxylic acids is 1. The Balaban J connectivity index is 1.72. The molecule has 4 aliphatic rings. The van der Waals surface area contributed by atoms with Crippen LogP contribution >= 0.6 is 0 Å². The van der Waals surface area contributed by atoms with Crippen molar-refractivity contribution in [3.8, 4) is 0 Å². The predicted octanol–water partition coefficient (Wildman–Crippen LogP) is 2.80. The molecule has 0 radical (unpaired) electrons. The fourth-order valence-corrected chi connectivity index (χ4v) is 4.56. The fraction of sp³-hybridized carbons (Fsp3) is 0.938. The molecule has 4 fully saturated rings. The summed E-state index contributed by atoms with van der Waals surface area (Å²) >= 11 is 0. The summed E-state index contributed by atoms with van der Waals surface area (Å²) in [5, 5.41) is 9.73. The van der Waals surface area contributed by atoms with Gasteiger partial charge in [-0.3, -0.25) is 0 Å². The molecule has 1 N–H and O–H groups in total. The minimum absolute atomic E-state index is 0.0508. The van der Waals surface area contributed by atoms with Gasteiger partial charge in [0.05, 0.1) is 6.61 Å². The van der Waals surface area contributed by atoms with Crippen molar-refractivity contribution in [2.45, 2.75) is 58.5 Å². The molecule has 4 heteroatoms. The van der Waals surface area contributed by atoms with Crippen molar-refractivity contribution in [1.82, 2.24) is 4.90 Å². The first-order valence-corrected chi connectivity index (χ1v) is 7.86. The maximum absolute atomic E-state index is 12.3. The molecule has 0 aromatic carbocycles. The van der Waals surface area contributed by atoms with Gasteiger partial charge in [-0.25, -0.2) is 4.79 Å². The van der Waals surface area contributed by atoms with Crippen molar-refractivity contribution >= 4 is 6.09 Å². The Morgan fingerprint density at radius 1 is 1.30 bits per heavy atom. The first-order chi connectivity index (χ1) is 9.28. The molecule has 0 atom stereocenters. The monoisotopic (exact) mass is 281 g/mol. The van der Waals surface area contributed by atoms with E-state index in [2.05, 4.69) is 0 Å². The van der Waals surface area contributed by atoms with Gasteiger partial charge < -0.3 is 14.7 Å². The van der Waals surface area contributed by atoms with E-state index in [1.165, 1.54) is 19.3 Å². The quantitative estimate of drug-likeness (QED) is 0.846. The number of amides is 1. The molecule has 2 bridgehead atoms. The van der Waals surface area contributed by atoms with Crippen molar-refractivity contribution < 1.29 is 14.6 Å². The SMILES string of the molecule is CC(C)(C)OC(=O)N1CC2(CO)CC(C3CCC3)(C1)C2. The summed E-state index contributed by atoms with van der Waals surface area (Å²) in [6.45, 7) is 7.39. The van der Waals surface area contributed by atoms with Gasteiger partial charge >= 0.3 is 6.09 Å². The van der Waals surface area contributed by atoms with Crippen molar-refractivity contribution in [3.63, 3.8) is 0 Å². The Labute approximate surface area is 121 Å². The van der Waals surface area contributed by atoms with Crippen LogP contribution in [0.5, 0.6) is 0 Å². The van der Waals surface area contributed by atoms with Crippen LogP contribution in [0.4, 0.5) is 4.79 Å². The average molecular weight is 281 g/mol. The normalized spacial score (nSPS) is 37.1. The standard InChI is InChI=1S/C16H27NO3/c1-14(2,3)20-13(19)17-9-15(11-18)7-16(8-15,10-17)12-5-4-6-12/h12,18H,4-11H2,1-3H3. The van der Waals surface area contributed by atoms with E-state index in [0.29, 0.717) is 6.54 Å². The Morgan fingerprint density at radius 3 is 2.40 bits per heavy atom. The van der Waals surface area contributed by atoms with Gasteiger partial charge in [-0.1, -0.05) is 6.42 Å². The van der Waals surface area contributed by atoms with Gasteiger partial charge in [-0.15, -0.1) is 0 Å². The third-order valence-corrected chi connectivity index (χ3v) is 5.44. The third-order valence-electron chi connectivity index (χ3n) is 5.44. The summed E-state index contributed by atoms with van der Waals surface area (Å²) in [5.41, 5.74) is -0.227. The largest absolute Gasteiger partial charge is 0.444 e. The van der Waals surface area contributed by atoms with E-state index in [-0.39, 0.29) is 23.5 Å².